The number of aliphatic imine (C=N–C) groups is 1. The molecule has 0 saturated carbocycles. The van der Waals surface area contributed by atoms with Crippen molar-refractivity contribution < 1.29 is 14.3 Å². The fourth-order valence-electron chi connectivity index (χ4n) is 6.90. The molecular formula is C33H25ClN2O3. The van der Waals surface area contributed by atoms with E-state index in [-0.39, 0.29) is 17.7 Å². The SMILES string of the molecule is CCOc1ccc(N2C(=O)[C@H]3C4c5ccccc5C(C=Nc5cccc(Cl)c5)(c5ccccc54)[C@H]3C2=O)cc1. The van der Waals surface area contributed by atoms with Gasteiger partial charge in [0.05, 0.1) is 35.2 Å². The Morgan fingerprint density at radius 2 is 1.54 bits per heavy atom. The number of carbonyl (C=O) groups excluding carboxylic acids is 2. The lowest BCUT2D eigenvalue weighted by Crippen LogP contribution is -2.54. The third-order valence-corrected chi connectivity index (χ3v) is 8.55. The van der Waals surface area contributed by atoms with Crippen LogP contribution in [0.1, 0.15) is 35.1 Å². The number of carbonyl (C=O) groups is 2. The molecule has 192 valence electrons. The van der Waals surface area contributed by atoms with Crippen molar-refractivity contribution in [2.24, 2.45) is 16.8 Å². The normalized spacial score (nSPS) is 24.6. The highest BCUT2D eigenvalue weighted by Crippen LogP contribution is 2.63. The third-order valence-electron chi connectivity index (χ3n) is 8.32. The molecule has 1 heterocycles. The van der Waals surface area contributed by atoms with E-state index in [2.05, 4.69) is 24.3 Å². The second-order valence-corrected chi connectivity index (χ2v) is 10.6. The zero-order valence-electron chi connectivity index (χ0n) is 21.3. The molecule has 0 radical (unpaired) electrons. The maximum atomic E-state index is 14.4. The number of benzene rings is 4. The van der Waals surface area contributed by atoms with Crippen molar-refractivity contribution in [2.45, 2.75) is 18.3 Å². The van der Waals surface area contributed by atoms with Crippen LogP contribution in [0.3, 0.4) is 0 Å². The van der Waals surface area contributed by atoms with E-state index in [0.717, 1.165) is 22.3 Å². The van der Waals surface area contributed by atoms with E-state index in [4.69, 9.17) is 21.3 Å². The van der Waals surface area contributed by atoms with Crippen LogP contribution in [0.2, 0.25) is 5.02 Å². The van der Waals surface area contributed by atoms with E-state index in [1.165, 1.54) is 4.90 Å². The number of ether oxygens (including phenoxy) is 1. The molecule has 6 heteroatoms. The van der Waals surface area contributed by atoms with Crippen LogP contribution in [0.5, 0.6) is 5.75 Å². The Balaban J connectivity index is 1.45. The Morgan fingerprint density at radius 3 is 2.18 bits per heavy atom. The van der Waals surface area contributed by atoms with E-state index in [0.29, 0.717) is 28.8 Å². The van der Waals surface area contributed by atoms with Gasteiger partial charge in [0.1, 0.15) is 5.75 Å². The Kier molecular flexibility index (Phi) is 5.46. The minimum absolute atomic E-state index is 0.177. The van der Waals surface area contributed by atoms with Gasteiger partial charge in [0.15, 0.2) is 0 Å². The molecule has 1 aliphatic heterocycles. The minimum atomic E-state index is -0.915. The number of halogens is 1. The molecule has 4 aromatic rings. The zero-order valence-corrected chi connectivity index (χ0v) is 22.0. The summed E-state index contributed by atoms with van der Waals surface area (Å²) in [4.78, 5) is 34.9. The van der Waals surface area contributed by atoms with E-state index in [1.807, 2.05) is 49.5 Å². The lowest BCUT2D eigenvalue weighted by Gasteiger charge is -2.52. The molecule has 39 heavy (non-hydrogen) atoms. The summed E-state index contributed by atoms with van der Waals surface area (Å²) in [5.74, 6) is -1.07. The second kappa shape index (κ2) is 8.92. The van der Waals surface area contributed by atoms with Crippen molar-refractivity contribution in [2.75, 3.05) is 11.5 Å². The molecule has 0 unspecified atom stereocenters. The van der Waals surface area contributed by atoms with E-state index in [1.54, 1.807) is 36.4 Å². The first kappa shape index (κ1) is 23.9. The molecule has 2 bridgehead atoms. The van der Waals surface area contributed by atoms with Gasteiger partial charge in [-0.25, -0.2) is 4.90 Å². The molecule has 2 atom stereocenters. The maximum absolute atomic E-state index is 14.4. The van der Waals surface area contributed by atoms with Gasteiger partial charge in [0.25, 0.3) is 0 Å². The fourth-order valence-corrected chi connectivity index (χ4v) is 7.08. The first-order valence-corrected chi connectivity index (χ1v) is 13.5. The van der Waals surface area contributed by atoms with Gasteiger partial charge in [-0.05, 0) is 71.6 Å². The van der Waals surface area contributed by atoms with Crippen LogP contribution in [-0.4, -0.2) is 24.6 Å². The zero-order chi connectivity index (χ0) is 26.7. The molecule has 3 aliphatic carbocycles. The van der Waals surface area contributed by atoms with Gasteiger partial charge in [-0.2, -0.15) is 0 Å². The van der Waals surface area contributed by atoms with Crippen molar-refractivity contribution in [1.29, 1.82) is 0 Å². The number of imide groups is 1. The minimum Gasteiger partial charge on any atom is -0.494 e. The summed E-state index contributed by atoms with van der Waals surface area (Å²) in [5.41, 5.74) is 4.52. The highest BCUT2D eigenvalue weighted by Gasteiger charge is 2.67. The molecule has 2 amide bonds. The van der Waals surface area contributed by atoms with Crippen molar-refractivity contribution in [3.8, 4) is 5.75 Å². The molecule has 8 rings (SSSR count). The number of anilines is 1. The first-order chi connectivity index (χ1) is 19.0. The lowest BCUT2D eigenvalue weighted by atomic mass is 9.47. The molecule has 0 N–H and O–H groups in total. The summed E-state index contributed by atoms with van der Waals surface area (Å²) in [7, 11) is 0. The van der Waals surface area contributed by atoms with Crippen LogP contribution in [0.15, 0.2) is 102 Å². The molecule has 0 aromatic heterocycles. The van der Waals surface area contributed by atoms with Gasteiger partial charge >= 0.3 is 0 Å². The third kappa shape index (κ3) is 3.36. The Hall–Kier alpha value is -4.22. The summed E-state index contributed by atoms with van der Waals surface area (Å²) in [6.45, 7) is 2.46. The smallest absolute Gasteiger partial charge is 0.239 e. The molecule has 1 fully saturated rings. The van der Waals surface area contributed by atoms with Crippen LogP contribution >= 0.6 is 11.6 Å². The molecule has 4 aromatic carbocycles. The van der Waals surface area contributed by atoms with Crippen molar-refractivity contribution in [3.63, 3.8) is 0 Å². The average Bonchev–Trinajstić information content (AvgIpc) is 3.23. The van der Waals surface area contributed by atoms with Gasteiger partial charge in [-0.1, -0.05) is 66.2 Å². The average molecular weight is 533 g/mol. The Bertz CT molecular complexity index is 1610. The van der Waals surface area contributed by atoms with Gasteiger partial charge in [-0.15, -0.1) is 0 Å². The van der Waals surface area contributed by atoms with Gasteiger partial charge in [-0.3, -0.25) is 14.6 Å². The van der Waals surface area contributed by atoms with Gasteiger partial charge in [0, 0.05) is 17.2 Å². The van der Waals surface area contributed by atoms with Crippen LogP contribution in [0.4, 0.5) is 11.4 Å². The van der Waals surface area contributed by atoms with Crippen LogP contribution in [-0.2, 0) is 15.0 Å². The highest BCUT2D eigenvalue weighted by atomic mass is 35.5. The summed E-state index contributed by atoms with van der Waals surface area (Å²) < 4.78 is 5.58. The second-order valence-electron chi connectivity index (χ2n) is 10.2. The summed E-state index contributed by atoms with van der Waals surface area (Å²) in [6, 6.07) is 30.9. The molecular weight excluding hydrogens is 508 g/mol. The molecule has 0 spiro atoms. The predicted octanol–water partition coefficient (Wildman–Crippen LogP) is 6.69. The monoisotopic (exact) mass is 532 g/mol. The van der Waals surface area contributed by atoms with E-state index >= 15 is 0 Å². The van der Waals surface area contributed by atoms with Crippen LogP contribution < -0.4 is 9.64 Å². The molecule has 1 saturated heterocycles. The number of nitrogens with zero attached hydrogens (tertiary/aromatic N) is 2. The van der Waals surface area contributed by atoms with Crippen molar-refractivity contribution in [1.82, 2.24) is 0 Å². The number of amides is 2. The topological polar surface area (TPSA) is 59.0 Å². The molecule has 5 nitrogen and oxygen atoms in total. The first-order valence-electron chi connectivity index (χ1n) is 13.1. The van der Waals surface area contributed by atoms with Gasteiger partial charge < -0.3 is 4.74 Å². The lowest BCUT2D eigenvalue weighted by molar-refractivity contribution is -0.122. The number of rotatable bonds is 5. The quantitative estimate of drug-likeness (QED) is 0.212. The molecule has 4 aliphatic rings. The maximum Gasteiger partial charge on any atom is 0.239 e. The van der Waals surface area contributed by atoms with Crippen molar-refractivity contribution >= 4 is 41.0 Å². The summed E-state index contributed by atoms with van der Waals surface area (Å²) >= 11 is 6.27. The standard InChI is InChI=1S/C33H25ClN2O3/c1-2-39-23-16-14-22(15-17-23)36-31(37)29-28-24-10-3-5-12-26(24)33(30(29)32(36)38,27-13-6-4-11-25(27)28)19-35-21-9-7-8-20(34)18-21/h3-19,28-30H,2H2,1H3/t28?,29-,30+,33?/m0/s1. The van der Waals surface area contributed by atoms with Gasteiger partial charge in [0.2, 0.25) is 11.8 Å². The van der Waals surface area contributed by atoms with Crippen LogP contribution in [0.25, 0.3) is 0 Å². The number of hydrogen-bond donors (Lipinski definition) is 0. The summed E-state index contributed by atoms with van der Waals surface area (Å²) in [5, 5.41) is 0.585. The van der Waals surface area contributed by atoms with Crippen LogP contribution in [0, 0.1) is 11.8 Å². The highest BCUT2D eigenvalue weighted by molar-refractivity contribution is 6.30. The Labute approximate surface area is 231 Å². The van der Waals surface area contributed by atoms with E-state index in [9.17, 15) is 9.59 Å². The number of hydrogen-bond acceptors (Lipinski definition) is 4. The largest absolute Gasteiger partial charge is 0.494 e. The Morgan fingerprint density at radius 1 is 0.872 bits per heavy atom. The van der Waals surface area contributed by atoms with E-state index < -0.39 is 17.3 Å². The predicted molar refractivity (Wildman–Crippen MR) is 152 cm³/mol. The van der Waals surface area contributed by atoms with Crippen molar-refractivity contribution in [3.05, 3.63) is 124 Å². The fraction of sp³-hybridized carbons (Fsp3) is 0.182. The summed E-state index contributed by atoms with van der Waals surface area (Å²) in [6.07, 6.45) is 1.89.